The Labute approximate surface area is 69.6 Å². The second kappa shape index (κ2) is 3.25. The average molecular weight is 169 g/mol. The maximum Gasteiger partial charge on any atom is 0.347 e. The molecule has 0 fully saturated rings. The lowest BCUT2D eigenvalue weighted by Crippen LogP contribution is -2.16. The van der Waals surface area contributed by atoms with Gasteiger partial charge in [0.1, 0.15) is 5.69 Å². The molecule has 0 bridgehead atoms. The number of nitrogens with zero attached hydrogens (tertiary/aromatic N) is 1. The van der Waals surface area contributed by atoms with Crippen molar-refractivity contribution in [2.45, 2.75) is 20.0 Å². The summed E-state index contributed by atoms with van der Waals surface area (Å²) in [4.78, 5) is 16.5. The van der Waals surface area contributed by atoms with E-state index < -0.39 is 5.69 Å². The quantitative estimate of drug-likeness (QED) is 0.659. The summed E-state index contributed by atoms with van der Waals surface area (Å²) >= 11 is 0. The van der Waals surface area contributed by atoms with E-state index in [-0.39, 0.29) is 12.0 Å². The van der Waals surface area contributed by atoms with E-state index in [1.807, 2.05) is 13.8 Å². The van der Waals surface area contributed by atoms with Crippen molar-refractivity contribution >= 4 is 5.69 Å². The fraction of sp³-hybridized carbons (Fsp3) is 0.429. The van der Waals surface area contributed by atoms with Crippen molar-refractivity contribution in [2.75, 3.05) is 5.73 Å². The van der Waals surface area contributed by atoms with Crippen LogP contribution in [0.3, 0.4) is 0 Å². The SMILES string of the molecule is CC(C)Oc1[nH]c(=O)ncc1N. The molecule has 0 aliphatic carbocycles. The van der Waals surface area contributed by atoms with Gasteiger partial charge in [0.15, 0.2) is 0 Å². The van der Waals surface area contributed by atoms with E-state index in [0.717, 1.165) is 0 Å². The molecule has 0 atom stereocenters. The molecular weight excluding hydrogens is 158 g/mol. The van der Waals surface area contributed by atoms with Crippen LogP contribution in [-0.4, -0.2) is 16.1 Å². The Morgan fingerprint density at radius 3 is 2.92 bits per heavy atom. The molecule has 0 saturated heterocycles. The highest BCUT2D eigenvalue weighted by molar-refractivity contribution is 5.44. The van der Waals surface area contributed by atoms with E-state index in [4.69, 9.17) is 10.5 Å². The van der Waals surface area contributed by atoms with E-state index in [0.29, 0.717) is 5.69 Å². The van der Waals surface area contributed by atoms with Crippen LogP contribution in [0.1, 0.15) is 13.8 Å². The van der Waals surface area contributed by atoms with Gasteiger partial charge in [-0.05, 0) is 13.8 Å². The molecule has 1 rings (SSSR count). The smallest absolute Gasteiger partial charge is 0.347 e. The Balaban J connectivity index is 2.97. The second-order valence-corrected chi connectivity index (χ2v) is 2.64. The van der Waals surface area contributed by atoms with Crippen molar-refractivity contribution < 1.29 is 4.74 Å². The summed E-state index contributed by atoms with van der Waals surface area (Å²) in [6, 6.07) is 0. The molecular formula is C7H11N3O2. The number of nitrogens with one attached hydrogen (secondary N) is 1. The third kappa shape index (κ3) is 1.98. The van der Waals surface area contributed by atoms with Crippen LogP contribution in [0.5, 0.6) is 5.88 Å². The van der Waals surface area contributed by atoms with Gasteiger partial charge in [-0.15, -0.1) is 0 Å². The fourth-order valence-electron chi connectivity index (χ4n) is 0.722. The van der Waals surface area contributed by atoms with Crippen molar-refractivity contribution in [1.29, 1.82) is 0 Å². The number of H-pyrrole nitrogens is 1. The second-order valence-electron chi connectivity index (χ2n) is 2.64. The number of hydrogen-bond acceptors (Lipinski definition) is 4. The molecule has 0 unspecified atom stereocenters. The van der Waals surface area contributed by atoms with Gasteiger partial charge in [0.2, 0.25) is 5.88 Å². The van der Waals surface area contributed by atoms with E-state index in [2.05, 4.69) is 9.97 Å². The number of nitrogen functional groups attached to an aromatic ring is 1. The zero-order valence-corrected chi connectivity index (χ0v) is 7.00. The van der Waals surface area contributed by atoms with Crippen LogP contribution < -0.4 is 16.2 Å². The van der Waals surface area contributed by atoms with Crippen molar-refractivity contribution in [3.05, 3.63) is 16.7 Å². The Bertz CT molecular complexity index is 319. The Kier molecular flexibility index (Phi) is 2.32. The van der Waals surface area contributed by atoms with Crippen LogP contribution in [0.2, 0.25) is 0 Å². The zero-order chi connectivity index (χ0) is 9.14. The van der Waals surface area contributed by atoms with Gasteiger partial charge in [-0.2, -0.15) is 4.98 Å². The number of nitrogens with two attached hydrogens (primary N) is 1. The van der Waals surface area contributed by atoms with Gasteiger partial charge in [0.05, 0.1) is 12.3 Å². The Morgan fingerprint density at radius 1 is 1.67 bits per heavy atom. The molecule has 0 aliphatic rings. The molecule has 0 radical (unpaired) electrons. The summed E-state index contributed by atoms with van der Waals surface area (Å²) in [6.07, 6.45) is 1.25. The van der Waals surface area contributed by atoms with Gasteiger partial charge in [-0.3, -0.25) is 4.98 Å². The van der Waals surface area contributed by atoms with E-state index in [9.17, 15) is 4.79 Å². The van der Waals surface area contributed by atoms with E-state index >= 15 is 0 Å². The predicted molar refractivity (Wildman–Crippen MR) is 45.0 cm³/mol. The van der Waals surface area contributed by atoms with Crippen LogP contribution in [-0.2, 0) is 0 Å². The molecule has 0 aromatic carbocycles. The van der Waals surface area contributed by atoms with Crippen LogP contribution in [0.4, 0.5) is 5.69 Å². The van der Waals surface area contributed by atoms with Gasteiger partial charge in [-0.1, -0.05) is 0 Å². The van der Waals surface area contributed by atoms with Gasteiger partial charge in [0, 0.05) is 0 Å². The molecule has 66 valence electrons. The first-order valence-corrected chi connectivity index (χ1v) is 3.61. The Morgan fingerprint density at radius 2 is 2.33 bits per heavy atom. The topological polar surface area (TPSA) is 81.0 Å². The first-order valence-electron chi connectivity index (χ1n) is 3.61. The average Bonchev–Trinajstić information content (AvgIpc) is 1.96. The summed E-state index contributed by atoms with van der Waals surface area (Å²) in [6.45, 7) is 3.69. The molecule has 1 aromatic rings. The molecule has 12 heavy (non-hydrogen) atoms. The molecule has 0 spiro atoms. The molecule has 0 aliphatic heterocycles. The highest BCUT2D eigenvalue weighted by Gasteiger charge is 2.03. The fourth-order valence-corrected chi connectivity index (χ4v) is 0.722. The minimum atomic E-state index is -0.458. The highest BCUT2D eigenvalue weighted by atomic mass is 16.5. The monoisotopic (exact) mass is 169 g/mol. The third-order valence-electron chi connectivity index (χ3n) is 1.16. The molecule has 5 heteroatoms. The highest BCUT2D eigenvalue weighted by Crippen LogP contribution is 2.14. The predicted octanol–water partition coefficient (Wildman–Crippen LogP) is 0.139. The number of aromatic nitrogens is 2. The summed E-state index contributed by atoms with van der Waals surface area (Å²) in [5.41, 5.74) is 5.36. The van der Waals surface area contributed by atoms with Gasteiger partial charge in [0.25, 0.3) is 0 Å². The lowest BCUT2D eigenvalue weighted by Gasteiger charge is -2.09. The van der Waals surface area contributed by atoms with E-state index in [1.165, 1.54) is 6.20 Å². The van der Waals surface area contributed by atoms with Crippen molar-refractivity contribution in [3.63, 3.8) is 0 Å². The standard InChI is InChI=1S/C7H11N3O2/c1-4(2)12-6-5(8)3-9-7(11)10-6/h3-4H,8H2,1-2H3,(H,9,10,11). The first kappa shape index (κ1) is 8.58. The summed E-state index contributed by atoms with van der Waals surface area (Å²) in [5, 5.41) is 0. The first-order chi connectivity index (χ1) is 5.59. The summed E-state index contributed by atoms with van der Waals surface area (Å²) < 4.78 is 5.21. The maximum atomic E-state index is 10.7. The largest absolute Gasteiger partial charge is 0.475 e. The number of anilines is 1. The molecule has 1 aromatic heterocycles. The Hall–Kier alpha value is -1.52. The molecule has 3 N–H and O–H groups in total. The normalized spacial score (nSPS) is 10.2. The third-order valence-corrected chi connectivity index (χ3v) is 1.16. The summed E-state index contributed by atoms with van der Waals surface area (Å²) in [5.74, 6) is 0.282. The van der Waals surface area contributed by atoms with Gasteiger partial charge in [-0.25, -0.2) is 4.79 Å². The number of aromatic amines is 1. The van der Waals surface area contributed by atoms with Crippen LogP contribution >= 0.6 is 0 Å². The van der Waals surface area contributed by atoms with E-state index in [1.54, 1.807) is 0 Å². The van der Waals surface area contributed by atoms with Crippen molar-refractivity contribution in [3.8, 4) is 5.88 Å². The molecule has 1 heterocycles. The lowest BCUT2D eigenvalue weighted by atomic mass is 10.4. The molecule has 0 amide bonds. The zero-order valence-electron chi connectivity index (χ0n) is 7.00. The van der Waals surface area contributed by atoms with Gasteiger partial charge >= 0.3 is 5.69 Å². The van der Waals surface area contributed by atoms with Gasteiger partial charge < -0.3 is 10.5 Å². The minimum Gasteiger partial charge on any atom is -0.475 e. The van der Waals surface area contributed by atoms with Crippen LogP contribution in [0, 0.1) is 0 Å². The lowest BCUT2D eigenvalue weighted by molar-refractivity contribution is 0.233. The minimum absolute atomic E-state index is 0.0228. The molecule has 5 nitrogen and oxygen atoms in total. The van der Waals surface area contributed by atoms with Crippen LogP contribution in [0.15, 0.2) is 11.0 Å². The van der Waals surface area contributed by atoms with Crippen LogP contribution in [0.25, 0.3) is 0 Å². The van der Waals surface area contributed by atoms with Crippen molar-refractivity contribution in [2.24, 2.45) is 0 Å². The number of rotatable bonds is 2. The summed E-state index contributed by atoms with van der Waals surface area (Å²) in [7, 11) is 0. The van der Waals surface area contributed by atoms with Crippen molar-refractivity contribution in [1.82, 2.24) is 9.97 Å². The molecule has 0 saturated carbocycles. The maximum absolute atomic E-state index is 10.7. The number of ether oxygens (including phenoxy) is 1. The number of hydrogen-bond donors (Lipinski definition) is 2.